The highest BCUT2D eigenvalue weighted by Gasteiger charge is 2.17. The van der Waals surface area contributed by atoms with E-state index >= 15 is 0 Å². The van der Waals surface area contributed by atoms with Gasteiger partial charge in [0.05, 0.1) is 5.69 Å². The van der Waals surface area contributed by atoms with E-state index in [1.54, 1.807) is 31.3 Å². The molecule has 3 rings (SSSR count). The molecule has 1 N–H and O–H groups in total. The second kappa shape index (κ2) is 7.95. The molecule has 1 aromatic heterocycles. The number of hydrogen-bond acceptors (Lipinski definition) is 2. The summed E-state index contributed by atoms with van der Waals surface area (Å²) in [6.07, 6.45) is 1.74. The molecule has 1 amide bonds. The maximum Gasteiger partial charge on any atom is 0.269 e. The number of aromatic nitrogens is 2. The second-order valence-corrected chi connectivity index (χ2v) is 6.42. The molecule has 0 aliphatic carbocycles. The van der Waals surface area contributed by atoms with Gasteiger partial charge in [0.2, 0.25) is 0 Å². The molecule has 0 radical (unpaired) electrons. The smallest absolute Gasteiger partial charge is 0.269 e. The number of nitrogens with zero attached hydrogens (tertiary/aromatic N) is 2. The van der Waals surface area contributed by atoms with Crippen molar-refractivity contribution in [2.24, 2.45) is 7.05 Å². The first-order chi connectivity index (χ1) is 12.5. The van der Waals surface area contributed by atoms with E-state index in [-0.39, 0.29) is 17.8 Å². The van der Waals surface area contributed by atoms with E-state index in [1.165, 1.54) is 16.3 Å². The Bertz CT molecular complexity index is 889. The summed E-state index contributed by atoms with van der Waals surface area (Å²) >= 11 is 0. The number of nitrogens with one attached hydrogen (secondary N) is 1. The van der Waals surface area contributed by atoms with E-state index in [9.17, 15) is 9.18 Å². The number of rotatable bonds is 6. The number of benzene rings is 2. The normalized spacial score (nSPS) is 12.0. The lowest BCUT2D eigenvalue weighted by Crippen LogP contribution is -2.34. The Morgan fingerprint density at radius 3 is 2.58 bits per heavy atom. The molecular weight excluding hydrogens is 329 g/mol. The third kappa shape index (κ3) is 4.17. The van der Waals surface area contributed by atoms with Crippen molar-refractivity contribution < 1.29 is 9.18 Å². The van der Waals surface area contributed by atoms with Crippen LogP contribution in [0.5, 0.6) is 0 Å². The molecule has 1 unspecified atom stereocenters. The van der Waals surface area contributed by atoms with Crippen molar-refractivity contribution in [3.05, 3.63) is 77.7 Å². The Morgan fingerprint density at radius 1 is 1.15 bits per heavy atom. The summed E-state index contributed by atoms with van der Waals surface area (Å²) < 4.78 is 15.4. The van der Waals surface area contributed by atoms with Gasteiger partial charge < -0.3 is 5.32 Å². The van der Waals surface area contributed by atoms with E-state index < -0.39 is 0 Å². The van der Waals surface area contributed by atoms with Gasteiger partial charge in [-0.1, -0.05) is 42.5 Å². The van der Waals surface area contributed by atoms with Crippen LogP contribution in [0.3, 0.4) is 0 Å². The maximum absolute atomic E-state index is 13.9. The average Bonchev–Trinajstić information content (AvgIpc) is 3.03. The lowest BCUT2D eigenvalue weighted by Gasteiger charge is -2.13. The highest BCUT2D eigenvalue weighted by molar-refractivity contribution is 5.93. The van der Waals surface area contributed by atoms with Gasteiger partial charge in [-0.25, -0.2) is 4.39 Å². The largest absolute Gasteiger partial charge is 0.348 e. The quantitative estimate of drug-likeness (QED) is 0.730. The Morgan fingerprint density at radius 2 is 1.85 bits per heavy atom. The molecule has 4 nitrogen and oxygen atoms in total. The van der Waals surface area contributed by atoms with Crippen molar-refractivity contribution in [2.75, 3.05) is 0 Å². The molecule has 0 fully saturated rings. The average molecular weight is 351 g/mol. The Hall–Kier alpha value is -2.95. The van der Waals surface area contributed by atoms with Crippen molar-refractivity contribution in [1.82, 2.24) is 15.1 Å². The van der Waals surface area contributed by atoms with Gasteiger partial charge in [0, 0.05) is 18.7 Å². The summed E-state index contributed by atoms with van der Waals surface area (Å²) in [6, 6.07) is 18.2. The molecule has 3 aromatic rings. The molecule has 0 bridgehead atoms. The van der Waals surface area contributed by atoms with Crippen LogP contribution in [0.4, 0.5) is 4.39 Å². The van der Waals surface area contributed by atoms with E-state index in [0.29, 0.717) is 17.0 Å². The standard InChI is InChI=1S/C21H22FN3O/c1-15(12-13-16-8-4-3-5-9-16)23-21(26)20-14-19(24-25(20)2)17-10-6-7-11-18(17)22/h3-11,14-15H,12-13H2,1-2H3,(H,23,26). The van der Waals surface area contributed by atoms with Gasteiger partial charge in [-0.3, -0.25) is 9.48 Å². The summed E-state index contributed by atoms with van der Waals surface area (Å²) in [5.41, 5.74) is 2.50. The first kappa shape index (κ1) is 17.9. The highest BCUT2D eigenvalue weighted by atomic mass is 19.1. The minimum absolute atomic E-state index is 0.0227. The Balaban J connectivity index is 1.65. The molecule has 134 valence electrons. The van der Waals surface area contributed by atoms with Crippen molar-refractivity contribution in [3.63, 3.8) is 0 Å². The van der Waals surface area contributed by atoms with Gasteiger partial charge in [0.1, 0.15) is 11.5 Å². The lowest BCUT2D eigenvalue weighted by molar-refractivity contribution is 0.0929. The zero-order valence-corrected chi connectivity index (χ0v) is 14.9. The van der Waals surface area contributed by atoms with Crippen molar-refractivity contribution >= 4 is 5.91 Å². The third-order valence-corrected chi connectivity index (χ3v) is 4.35. The van der Waals surface area contributed by atoms with E-state index in [1.807, 2.05) is 25.1 Å². The number of aryl methyl sites for hydroxylation is 2. The van der Waals surface area contributed by atoms with Crippen molar-refractivity contribution in [1.29, 1.82) is 0 Å². The fourth-order valence-electron chi connectivity index (χ4n) is 2.88. The van der Waals surface area contributed by atoms with Gasteiger partial charge in [-0.15, -0.1) is 0 Å². The molecule has 5 heteroatoms. The van der Waals surface area contributed by atoms with E-state index in [4.69, 9.17) is 0 Å². The Kier molecular flexibility index (Phi) is 5.46. The zero-order valence-electron chi connectivity index (χ0n) is 14.9. The number of carbonyl (C=O) groups excluding carboxylic acids is 1. The molecule has 0 aliphatic heterocycles. The molecule has 0 saturated heterocycles. The topological polar surface area (TPSA) is 46.9 Å². The molecule has 1 atom stereocenters. The van der Waals surface area contributed by atoms with Crippen LogP contribution in [0.2, 0.25) is 0 Å². The fraction of sp³-hybridized carbons (Fsp3) is 0.238. The minimum Gasteiger partial charge on any atom is -0.348 e. The number of carbonyl (C=O) groups is 1. The monoisotopic (exact) mass is 351 g/mol. The van der Waals surface area contributed by atoms with Gasteiger partial charge in [-0.05, 0) is 43.5 Å². The van der Waals surface area contributed by atoms with Gasteiger partial charge in [-0.2, -0.15) is 5.10 Å². The maximum atomic E-state index is 13.9. The number of hydrogen-bond donors (Lipinski definition) is 1. The summed E-state index contributed by atoms with van der Waals surface area (Å²) in [7, 11) is 1.69. The van der Waals surface area contributed by atoms with Gasteiger partial charge in [0.25, 0.3) is 5.91 Å². The summed E-state index contributed by atoms with van der Waals surface area (Å²) in [5.74, 6) is -0.558. The molecule has 0 saturated carbocycles. The molecule has 1 heterocycles. The van der Waals surface area contributed by atoms with Crippen LogP contribution in [0.15, 0.2) is 60.7 Å². The number of amides is 1. The predicted molar refractivity (Wildman–Crippen MR) is 100 cm³/mol. The summed E-state index contributed by atoms with van der Waals surface area (Å²) in [5, 5.41) is 7.27. The first-order valence-electron chi connectivity index (χ1n) is 8.68. The minimum atomic E-state index is -0.353. The van der Waals surface area contributed by atoms with E-state index in [2.05, 4.69) is 22.5 Å². The molecule has 2 aromatic carbocycles. The Labute approximate surface area is 152 Å². The van der Waals surface area contributed by atoms with Crippen LogP contribution in [0.1, 0.15) is 29.4 Å². The molecule has 0 spiro atoms. The highest BCUT2D eigenvalue weighted by Crippen LogP contribution is 2.22. The van der Waals surface area contributed by atoms with Crippen LogP contribution in [0, 0.1) is 5.82 Å². The van der Waals surface area contributed by atoms with Crippen LogP contribution in [-0.4, -0.2) is 21.7 Å². The third-order valence-electron chi connectivity index (χ3n) is 4.35. The lowest BCUT2D eigenvalue weighted by atomic mass is 10.1. The SMILES string of the molecule is CC(CCc1ccccc1)NC(=O)c1cc(-c2ccccc2F)nn1C. The van der Waals surface area contributed by atoms with Crippen molar-refractivity contribution in [3.8, 4) is 11.3 Å². The number of halogens is 1. The van der Waals surface area contributed by atoms with Crippen LogP contribution >= 0.6 is 0 Å². The van der Waals surface area contributed by atoms with Gasteiger partial charge >= 0.3 is 0 Å². The van der Waals surface area contributed by atoms with Crippen LogP contribution in [0.25, 0.3) is 11.3 Å². The predicted octanol–water partition coefficient (Wildman–Crippen LogP) is 3.98. The van der Waals surface area contributed by atoms with E-state index in [0.717, 1.165) is 12.8 Å². The van der Waals surface area contributed by atoms with Crippen LogP contribution in [-0.2, 0) is 13.5 Å². The summed E-state index contributed by atoms with van der Waals surface area (Å²) in [4.78, 5) is 12.6. The molecule has 26 heavy (non-hydrogen) atoms. The second-order valence-electron chi connectivity index (χ2n) is 6.42. The molecule has 0 aliphatic rings. The first-order valence-corrected chi connectivity index (χ1v) is 8.68. The van der Waals surface area contributed by atoms with Crippen LogP contribution < -0.4 is 5.32 Å². The fourth-order valence-corrected chi connectivity index (χ4v) is 2.88. The molecular formula is C21H22FN3O. The van der Waals surface area contributed by atoms with Gasteiger partial charge in [0.15, 0.2) is 0 Å². The summed E-state index contributed by atoms with van der Waals surface area (Å²) in [6.45, 7) is 1.98. The van der Waals surface area contributed by atoms with Crippen molar-refractivity contribution in [2.45, 2.75) is 25.8 Å². The zero-order chi connectivity index (χ0) is 18.5.